The van der Waals surface area contributed by atoms with E-state index in [1.54, 1.807) is 4.90 Å². The summed E-state index contributed by atoms with van der Waals surface area (Å²) in [5, 5.41) is 0. The van der Waals surface area contributed by atoms with Crippen LogP contribution in [0.15, 0.2) is 0 Å². The normalized spacial score (nSPS) is 28.3. The van der Waals surface area contributed by atoms with Gasteiger partial charge >= 0.3 is 6.09 Å². The van der Waals surface area contributed by atoms with Crippen LogP contribution in [0.25, 0.3) is 0 Å². The fourth-order valence-electron chi connectivity index (χ4n) is 2.65. The van der Waals surface area contributed by atoms with Gasteiger partial charge in [0.2, 0.25) is 0 Å². The number of ketones is 1. The Kier molecular flexibility index (Phi) is 3.46. The molecule has 0 aromatic heterocycles. The van der Waals surface area contributed by atoms with E-state index in [1.165, 1.54) is 0 Å². The number of nitrogens with zero attached hydrogens (tertiary/aromatic N) is 1. The van der Waals surface area contributed by atoms with E-state index in [0.717, 1.165) is 25.7 Å². The maximum atomic E-state index is 11.8. The monoisotopic (exact) mass is 225 g/mol. The van der Waals surface area contributed by atoms with Crippen molar-refractivity contribution in [2.24, 2.45) is 0 Å². The van der Waals surface area contributed by atoms with Crippen molar-refractivity contribution in [1.82, 2.24) is 4.90 Å². The molecule has 0 aromatic rings. The van der Waals surface area contributed by atoms with E-state index >= 15 is 0 Å². The van der Waals surface area contributed by atoms with Gasteiger partial charge in [-0.05, 0) is 19.3 Å². The van der Waals surface area contributed by atoms with E-state index in [4.69, 9.17) is 4.74 Å². The van der Waals surface area contributed by atoms with Gasteiger partial charge in [-0.15, -0.1) is 0 Å². The second kappa shape index (κ2) is 4.85. The summed E-state index contributed by atoms with van der Waals surface area (Å²) >= 11 is 0. The topological polar surface area (TPSA) is 46.6 Å². The van der Waals surface area contributed by atoms with Crippen molar-refractivity contribution in [3.05, 3.63) is 0 Å². The average Bonchev–Trinajstić information content (AvgIpc) is 2.52. The van der Waals surface area contributed by atoms with Gasteiger partial charge in [0.05, 0.1) is 6.61 Å². The highest BCUT2D eigenvalue weighted by molar-refractivity contribution is 5.83. The zero-order valence-electron chi connectivity index (χ0n) is 9.78. The van der Waals surface area contributed by atoms with Gasteiger partial charge in [-0.2, -0.15) is 0 Å². The summed E-state index contributed by atoms with van der Waals surface area (Å²) in [5.41, 5.74) is 0. The first-order chi connectivity index (χ1) is 7.72. The minimum Gasteiger partial charge on any atom is -0.449 e. The molecule has 0 saturated carbocycles. The summed E-state index contributed by atoms with van der Waals surface area (Å²) in [6.45, 7) is 2.57. The quantitative estimate of drug-likeness (QED) is 0.691. The molecule has 2 saturated heterocycles. The Labute approximate surface area is 95.9 Å². The van der Waals surface area contributed by atoms with Crippen molar-refractivity contribution < 1.29 is 14.3 Å². The molecule has 2 rings (SSSR count). The van der Waals surface area contributed by atoms with Gasteiger partial charge < -0.3 is 9.64 Å². The molecule has 2 heterocycles. The number of Topliss-reactive ketones (excluding diaryl/α,β-unsaturated/α-hetero) is 1. The van der Waals surface area contributed by atoms with Gasteiger partial charge in [-0.3, -0.25) is 4.79 Å². The molecular formula is C12H19NO3. The SMILES string of the molecule is CCCCOC(=O)N1[C@@H]2CC[C@H]1CC(=O)C2. The van der Waals surface area contributed by atoms with Crippen LogP contribution in [0, 0.1) is 0 Å². The molecule has 0 N–H and O–H groups in total. The highest BCUT2D eigenvalue weighted by Gasteiger charge is 2.43. The van der Waals surface area contributed by atoms with Crippen LogP contribution in [0.5, 0.6) is 0 Å². The van der Waals surface area contributed by atoms with Gasteiger partial charge in [-0.1, -0.05) is 13.3 Å². The van der Waals surface area contributed by atoms with Crippen molar-refractivity contribution in [2.75, 3.05) is 6.61 Å². The van der Waals surface area contributed by atoms with Crippen LogP contribution in [-0.2, 0) is 9.53 Å². The predicted octanol–water partition coefficient (Wildman–Crippen LogP) is 2.12. The molecule has 4 nitrogen and oxygen atoms in total. The first-order valence-electron chi connectivity index (χ1n) is 6.19. The number of carbonyl (C=O) groups excluding carboxylic acids is 2. The number of piperidine rings is 1. The molecule has 2 aliphatic rings. The van der Waals surface area contributed by atoms with Gasteiger partial charge in [0.25, 0.3) is 0 Å². The van der Waals surface area contributed by atoms with E-state index in [2.05, 4.69) is 6.92 Å². The molecular weight excluding hydrogens is 206 g/mol. The summed E-state index contributed by atoms with van der Waals surface area (Å²) in [7, 11) is 0. The van der Waals surface area contributed by atoms with Gasteiger partial charge in [0, 0.05) is 24.9 Å². The Morgan fingerprint density at radius 2 is 2.00 bits per heavy atom. The molecule has 2 atom stereocenters. The van der Waals surface area contributed by atoms with E-state index in [0.29, 0.717) is 25.2 Å². The lowest BCUT2D eigenvalue weighted by Gasteiger charge is -2.32. The first kappa shape index (κ1) is 11.4. The lowest BCUT2D eigenvalue weighted by molar-refractivity contribution is -0.123. The fraction of sp³-hybridized carbons (Fsp3) is 0.833. The Hall–Kier alpha value is -1.06. The van der Waals surface area contributed by atoms with Gasteiger partial charge in [0.15, 0.2) is 0 Å². The highest BCUT2D eigenvalue weighted by Crippen LogP contribution is 2.34. The third kappa shape index (κ3) is 2.20. The number of unbranched alkanes of at least 4 members (excludes halogenated alkanes) is 1. The molecule has 0 aromatic carbocycles. The summed E-state index contributed by atoms with van der Waals surface area (Å²) in [6.07, 6.45) is 4.69. The van der Waals surface area contributed by atoms with Crippen LogP contribution in [0.2, 0.25) is 0 Å². The van der Waals surface area contributed by atoms with Crippen LogP contribution in [0.3, 0.4) is 0 Å². The molecule has 2 fully saturated rings. The van der Waals surface area contributed by atoms with E-state index in [9.17, 15) is 9.59 Å². The van der Waals surface area contributed by atoms with E-state index in [1.807, 2.05) is 0 Å². The van der Waals surface area contributed by atoms with Crippen molar-refractivity contribution in [1.29, 1.82) is 0 Å². The van der Waals surface area contributed by atoms with Crippen molar-refractivity contribution in [3.8, 4) is 0 Å². The number of hydrogen-bond donors (Lipinski definition) is 0. The predicted molar refractivity (Wildman–Crippen MR) is 59.1 cm³/mol. The van der Waals surface area contributed by atoms with Crippen LogP contribution >= 0.6 is 0 Å². The van der Waals surface area contributed by atoms with Gasteiger partial charge in [0.1, 0.15) is 5.78 Å². The van der Waals surface area contributed by atoms with E-state index < -0.39 is 0 Å². The number of fused-ring (bicyclic) bond motifs is 2. The largest absolute Gasteiger partial charge is 0.449 e. The number of amides is 1. The number of ether oxygens (including phenoxy) is 1. The number of rotatable bonds is 3. The van der Waals surface area contributed by atoms with Crippen LogP contribution in [0.1, 0.15) is 45.4 Å². The summed E-state index contributed by atoms with van der Waals surface area (Å²) in [6, 6.07) is 0.223. The average molecular weight is 225 g/mol. The summed E-state index contributed by atoms with van der Waals surface area (Å²) in [5.74, 6) is 0.296. The Bertz CT molecular complexity index is 274. The van der Waals surface area contributed by atoms with Crippen LogP contribution in [-0.4, -0.2) is 35.5 Å². The second-order valence-electron chi connectivity index (χ2n) is 4.71. The first-order valence-corrected chi connectivity index (χ1v) is 6.19. The smallest absolute Gasteiger partial charge is 0.410 e. The molecule has 0 radical (unpaired) electrons. The molecule has 0 aliphatic carbocycles. The zero-order valence-corrected chi connectivity index (χ0v) is 9.78. The van der Waals surface area contributed by atoms with Crippen LogP contribution in [0.4, 0.5) is 4.79 Å². The Balaban J connectivity index is 1.90. The Morgan fingerprint density at radius 3 is 2.56 bits per heavy atom. The molecule has 1 amide bonds. The molecule has 0 unspecified atom stereocenters. The number of carbonyl (C=O) groups is 2. The molecule has 4 heteroatoms. The third-order valence-electron chi connectivity index (χ3n) is 3.48. The molecule has 2 bridgehead atoms. The molecule has 16 heavy (non-hydrogen) atoms. The van der Waals surface area contributed by atoms with Crippen molar-refractivity contribution >= 4 is 11.9 Å². The zero-order chi connectivity index (χ0) is 11.5. The summed E-state index contributed by atoms with van der Waals surface area (Å²) in [4.78, 5) is 25.0. The fourth-order valence-corrected chi connectivity index (χ4v) is 2.65. The highest BCUT2D eigenvalue weighted by atomic mass is 16.6. The second-order valence-corrected chi connectivity index (χ2v) is 4.71. The van der Waals surface area contributed by atoms with E-state index in [-0.39, 0.29) is 18.2 Å². The molecule has 90 valence electrons. The standard InChI is InChI=1S/C12H19NO3/c1-2-3-6-16-12(15)13-9-4-5-10(13)8-11(14)7-9/h9-10H,2-8H2,1H3/t9-,10+. The minimum absolute atomic E-state index is 0.111. The third-order valence-corrected chi connectivity index (χ3v) is 3.48. The lowest BCUT2D eigenvalue weighted by Crippen LogP contribution is -2.47. The minimum atomic E-state index is -0.214. The van der Waals surface area contributed by atoms with Crippen molar-refractivity contribution in [2.45, 2.75) is 57.5 Å². The van der Waals surface area contributed by atoms with Crippen LogP contribution < -0.4 is 0 Å². The maximum absolute atomic E-state index is 11.8. The lowest BCUT2D eigenvalue weighted by atomic mass is 10.0. The number of hydrogen-bond acceptors (Lipinski definition) is 3. The molecule has 2 aliphatic heterocycles. The maximum Gasteiger partial charge on any atom is 0.410 e. The Morgan fingerprint density at radius 1 is 1.38 bits per heavy atom. The molecule has 0 spiro atoms. The van der Waals surface area contributed by atoms with Gasteiger partial charge in [-0.25, -0.2) is 4.79 Å². The summed E-state index contributed by atoms with van der Waals surface area (Å²) < 4.78 is 5.21. The van der Waals surface area contributed by atoms with Crippen molar-refractivity contribution in [3.63, 3.8) is 0 Å².